The predicted molar refractivity (Wildman–Crippen MR) is 78.0 cm³/mol. The number of nitrogens with zero attached hydrogens (tertiary/aromatic N) is 2. The summed E-state index contributed by atoms with van der Waals surface area (Å²) in [6.07, 6.45) is 0. The third-order valence-electron chi connectivity index (χ3n) is 3.22. The molecule has 0 aliphatic heterocycles. The van der Waals surface area contributed by atoms with E-state index in [-0.39, 0.29) is 25.7 Å². The van der Waals surface area contributed by atoms with Gasteiger partial charge < -0.3 is 19.6 Å². The zero-order chi connectivity index (χ0) is 16.8. The molecule has 0 unspecified atom stereocenters. The molecule has 21 heavy (non-hydrogen) atoms. The second kappa shape index (κ2) is 7.85. The topological polar surface area (TPSA) is 87.2 Å². The van der Waals surface area contributed by atoms with Crippen LogP contribution >= 0.6 is 0 Å². The summed E-state index contributed by atoms with van der Waals surface area (Å²) in [7, 11) is 0. The summed E-state index contributed by atoms with van der Waals surface area (Å²) in [5.74, 6) is -1.61. The van der Waals surface area contributed by atoms with Gasteiger partial charge in [0, 0.05) is 12.6 Å². The molecule has 7 nitrogen and oxygen atoms in total. The molecule has 0 aromatic heterocycles. The molecule has 0 radical (unpaired) electrons. The van der Waals surface area contributed by atoms with E-state index in [0.717, 1.165) is 0 Å². The van der Waals surface area contributed by atoms with Crippen LogP contribution < -0.4 is 0 Å². The van der Waals surface area contributed by atoms with E-state index in [9.17, 15) is 19.5 Å². The molecule has 0 fully saturated rings. The van der Waals surface area contributed by atoms with Gasteiger partial charge in [-0.05, 0) is 41.5 Å². The first-order valence-electron chi connectivity index (χ1n) is 7.06. The number of aliphatic carboxylic acids is 1. The second-order valence-corrected chi connectivity index (χ2v) is 5.42. The summed E-state index contributed by atoms with van der Waals surface area (Å²) in [5.41, 5.74) is -1.35. The number of esters is 1. The first kappa shape index (κ1) is 19.2. The molecule has 0 aliphatic carbocycles. The zero-order valence-corrected chi connectivity index (χ0v) is 13.7. The molecule has 0 heterocycles. The van der Waals surface area contributed by atoms with Crippen LogP contribution in [0.4, 0.5) is 4.79 Å². The number of ether oxygens (including phenoxy) is 1. The predicted octanol–water partition coefficient (Wildman–Crippen LogP) is 1.56. The molecule has 0 aromatic carbocycles. The lowest BCUT2D eigenvalue weighted by atomic mass is 10.0. The fraction of sp³-hybridized carbons (Fsp3) is 0.786. The minimum absolute atomic E-state index is 0.198. The minimum atomic E-state index is -1.35. The number of hydrogen-bond donors (Lipinski definition) is 1. The molecule has 0 saturated heterocycles. The van der Waals surface area contributed by atoms with Crippen molar-refractivity contribution in [2.75, 3.05) is 19.7 Å². The van der Waals surface area contributed by atoms with Crippen LogP contribution in [0.1, 0.15) is 41.5 Å². The Balaban J connectivity index is 5.27. The van der Waals surface area contributed by atoms with Crippen molar-refractivity contribution in [3.63, 3.8) is 0 Å². The molecule has 7 heteroatoms. The number of urea groups is 1. The van der Waals surface area contributed by atoms with Gasteiger partial charge in [0.05, 0.1) is 6.61 Å². The van der Waals surface area contributed by atoms with E-state index in [4.69, 9.17) is 4.74 Å². The lowest BCUT2D eigenvalue weighted by Gasteiger charge is -2.39. The van der Waals surface area contributed by atoms with Crippen molar-refractivity contribution in [2.24, 2.45) is 0 Å². The van der Waals surface area contributed by atoms with Crippen LogP contribution in [0.3, 0.4) is 0 Å². The van der Waals surface area contributed by atoms with Crippen LogP contribution in [-0.4, -0.2) is 64.2 Å². The maximum absolute atomic E-state index is 12.6. The highest BCUT2D eigenvalue weighted by Crippen LogP contribution is 2.18. The summed E-state index contributed by atoms with van der Waals surface area (Å²) in [6.45, 7) is 10.1. The molecule has 0 saturated carbocycles. The smallest absolute Gasteiger partial charge is 0.329 e. The number of hydrogen-bond acceptors (Lipinski definition) is 4. The van der Waals surface area contributed by atoms with E-state index in [1.807, 2.05) is 0 Å². The third kappa shape index (κ3) is 4.91. The molecule has 0 atom stereocenters. The zero-order valence-electron chi connectivity index (χ0n) is 13.7. The van der Waals surface area contributed by atoms with E-state index < -0.39 is 23.5 Å². The molecule has 0 spiro atoms. The van der Waals surface area contributed by atoms with Crippen molar-refractivity contribution in [1.29, 1.82) is 0 Å². The summed E-state index contributed by atoms with van der Waals surface area (Å²) in [6, 6.07) is -0.742. The molecule has 0 rings (SSSR count). The van der Waals surface area contributed by atoms with Crippen LogP contribution in [0, 0.1) is 0 Å². The van der Waals surface area contributed by atoms with E-state index in [1.165, 1.54) is 23.6 Å². The number of carboxylic acids is 1. The van der Waals surface area contributed by atoms with Gasteiger partial charge in [0.15, 0.2) is 0 Å². The summed E-state index contributed by atoms with van der Waals surface area (Å²) < 4.78 is 4.85. The van der Waals surface area contributed by atoms with Crippen molar-refractivity contribution in [1.82, 2.24) is 9.80 Å². The lowest BCUT2D eigenvalue weighted by Crippen LogP contribution is -2.58. The molecule has 0 bridgehead atoms. The highest BCUT2D eigenvalue weighted by molar-refractivity contribution is 5.87. The standard InChI is InChI=1S/C14H26N2O5/c1-7-16(14(5,6)12(18)19)13(20)15(10(3)4)9-11(17)21-8-2/h10H,7-9H2,1-6H3,(H,18,19). The molecular formula is C14H26N2O5. The van der Waals surface area contributed by atoms with Crippen LogP contribution in [-0.2, 0) is 14.3 Å². The van der Waals surface area contributed by atoms with Gasteiger partial charge in [-0.25, -0.2) is 9.59 Å². The Bertz CT molecular complexity index is 393. The van der Waals surface area contributed by atoms with E-state index in [2.05, 4.69) is 0 Å². The van der Waals surface area contributed by atoms with Crippen molar-refractivity contribution in [3.8, 4) is 0 Å². The quantitative estimate of drug-likeness (QED) is 0.721. The fourth-order valence-electron chi connectivity index (χ4n) is 1.86. The maximum atomic E-state index is 12.6. The van der Waals surface area contributed by atoms with E-state index >= 15 is 0 Å². The first-order valence-corrected chi connectivity index (χ1v) is 7.06. The Kier molecular flexibility index (Phi) is 7.18. The van der Waals surface area contributed by atoms with Gasteiger partial charge in [0.2, 0.25) is 0 Å². The number of carbonyl (C=O) groups is 3. The van der Waals surface area contributed by atoms with Crippen molar-refractivity contribution < 1.29 is 24.2 Å². The van der Waals surface area contributed by atoms with Gasteiger partial charge in [-0.1, -0.05) is 0 Å². The van der Waals surface area contributed by atoms with Gasteiger partial charge in [-0.15, -0.1) is 0 Å². The van der Waals surface area contributed by atoms with Crippen LogP contribution in [0.2, 0.25) is 0 Å². The lowest BCUT2D eigenvalue weighted by molar-refractivity contribution is -0.148. The van der Waals surface area contributed by atoms with Crippen molar-refractivity contribution in [2.45, 2.75) is 53.1 Å². The van der Waals surface area contributed by atoms with E-state index in [1.54, 1.807) is 27.7 Å². The second-order valence-electron chi connectivity index (χ2n) is 5.42. The van der Waals surface area contributed by atoms with Gasteiger partial charge in [-0.3, -0.25) is 4.79 Å². The van der Waals surface area contributed by atoms with E-state index in [0.29, 0.717) is 0 Å². The number of carbonyl (C=O) groups excluding carboxylic acids is 2. The largest absolute Gasteiger partial charge is 0.480 e. The fourth-order valence-corrected chi connectivity index (χ4v) is 1.86. The molecular weight excluding hydrogens is 276 g/mol. The van der Waals surface area contributed by atoms with Gasteiger partial charge in [0.1, 0.15) is 12.1 Å². The molecule has 0 aliphatic rings. The van der Waals surface area contributed by atoms with Gasteiger partial charge >= 0.3 is 18.0 Å². The summed E-state index contributed by atoms with van der Waals surface area (Å²) in [5, 5.41) is 9.27. The normalized spacial score (nSPS) is 11.2. The summed E-state index contributed by atoms with van der Waals surface area (Å²) in [4.78, 5) is 38.1. The Morgan fingerprint density at radius 1 is 1.19 bits per heavy atom. The third-order valence-corrected chi connectivity index (χ3v) is 3.22. The minimum Gasteiger partial charge on any atom is -0.480 e. The van der Waals surface area contributed by atoms with Crippen LogP contribution in [0.15, 0.2) is 0 Å². The highest BCUT2D eigenvalue weighted by atomic mass is 16.5. The molecule has 0 aromatic rings. The SMILES string of the molecule is CCOC(=O)CN(C(=O)N(CC)C(C)(C)C(=O)O)C(C)C. The average Bonchev–Trinajstić information content (AvgIpc) is 2.35. The Morgan fingerprint density at radius 3 is 2.05 bits per heavy atom. The Hall–Kier alpha value is -1.79. The number of amides is 2. The van der Waals surface area contributed by atoms with Crippen molar-refractivity contribution >= 4 is 18.0 Å². The highest BCUT2D eigenvalue weighted by Gasteiger charge is 2.39. The summed E-state index contributed by atoms with van der Waals surface area (Å²) >= 11 is 0. The average molecular weight is 302 g/mol. The molecule has 2 amide bonds. The number of likely N-dealkylation sites (N-methyl/N-ethyl adjacent to an activating group) is 1. The van der Waals surface area contributed by atoms with Gasteiger partial charge in [0.25, 0.3) is 0 Å². The number of rotatable bonds is 7. The number of carboxylic acid groups (broad SMARTS) is 1. The van der Waals surface area contributed by atoms with Crippen molar-refractivity contribution in [3.05, 3.63) is 0 Å². The monoisotopic (exact) mass is 302 g/mol. The molecule has 1 N–H and O–H groups in total. The molecule has 122 valence electrons. The van der Waals surface area contributed by atoms with Crippen LogP contribution in [0.25, 0.3) is 0 Å². The maximum Gasteiger partial charge on any atom is 0.329 e. The van der Waals surface area contributed by atoms with Gasteiger partial charge in [-0.2, -0.15) is 0 Å². The Morgan fingerprint density at radius 2 is 1.71 bits per heavy atom. The first-order chi connectivity index (χ1) is 9.59. The van der Waals surface area contributed by atoms with Crippen LogP contribution in [0.5, 0.6) is 0 Å². The Labute approximate surface area is 125 Å².